The van der Waals surface area contributed by atoms with Crippen LogP contribution in [0.3, 0.4) is 0 Å². The Morgan fingerprint density at radius 3 is 2.43 bits per heavy atom. The van der Waals surface area contributed by atoms with E-state index in [0.717, 1.165) is 43.6 Å². The van der Waals surface area contributed by atoms with Gasteiger partial charge in [-0.25, -0.2) is 0 Å². The van der Waals surface area contributed by atoms with Crippen LogP contribution in [0.4, 0.5) is 13.2 Å². The molecule has 1 heterocycles. The first-order chi connectivity index (χ1) is 13.1. The van der Waals surface area contributed by atoms with Crippen molar-refractivity contribution in [1.29, 1.82) is 0 Å². The summed E-state index contributed by atoms with van der Waals surface area (Å²) in [6.07, 6.45) is -2.23. The van der Waals surface area contributed by atoms with Crippen molar-refractivity contribution in [2.45, 2.75) is 51.5 Å². The molecule has 0 bridgehead atoms. The summed E-state index contributed by atoms with van der Waals surface area (Å²) in [5, 5.41) is 0. The third-order valence-corrected chi connectivity index (χ3v) is 6.43. The number of carbonyl (C=O) groups is 1. The molecule has 28 heavy (non-hydrogen) atoms. The number of halogens is 3. The zero-order valence-corrected chi connectivity index (χ0v) is 16.7. The van der Waals surface area contributed by atoms with Crippen LogP contribution in [-0.2, 0) is 17.5 Å². The Hall–Kier alpha value is -1.60. The summed E-state index contributed by atoms with van der Waals surface area (Å²) in [7, 11) is 1.86. The van der Waals surface area contributed by atoms with Gasteiger partial charge in [-0.3, -0.25) is 9.69 Å². The first-order valence-electron chi connectivity index (χ1n) is 9.98. The van der Waals surface area contributed by atoms with E-state index in [-0.39, 0.29) is 17.9 Å². The summed E-state index contributed by atoms with van der Waals surface area (Å²) in [6.45, 7) is 6.34. The van der Waals surface area contributed by atoms with Crippen LogP contribution in [0.25, 0.3) is 0 Å². The molecule has 1 aliphatic heterocycles. The fourth-order valence-electron chi connectivity index (χ4n) is 4.68. The number of alkyl halides is 3. The van der Waals surface area contributed by atoms with Crippen molar-refractivity contribution in [3.8, 4) is 0 Å². The smallest absolute Gasteiger partial charge is 0.341 e. The van der Waals surface area contributed by atoms with Crippen LogP contribution in [0, 0.1) is 17.8 Å². The number of carbonyl (C=O) groups excluding carboxylic acids is 1. The Morgan fingerprint density at radius 2 is 1.86 bits per heavy atom. The highest BCUT2D eigenvalue weighted by molar-refractivity contribution is 5.82. The molecule has 4 atom stereocenters. The molecule has 156 valence electrons. The molecule has 1 saturated carbocycles. The number of nitrogens with two attached hydrogens (primary N) is 1. The molecule has 2 aliphatic rings. The van der Waals surface area contributed by atoms with Crippen LogP contribution in [0.5, 0.6) is 0 Å². The lowest BCUT2D eigenvalue weighted by atomic mass is 9.95. The van der Waals surface area contributed by atoms with Crippen molar-refractivity contribution < 1.29 is 18.0 Å². The van der Waals surface area contributed by atoms with Gasteiger partial charge in [-0.05, 0) is 48.3 Å². The number of amides is 1. The van der Waals surface area contributed by atoms with Crippen LogP contribution in [0.1, 0.15) is 37.8 Å². The summed E-state index contributed by atoms with van der Waals surface area (Å²) >= 11 is 0. The molecule has 2 fully saturated rings. The van der Waals surface area contributed by atoms with Gasteiger partial charge in [-0.1, -0.05) is 26.0 Å². The highest BCUT2D eigenvalue weighted by Crippen LogP contribution is 2.41. The minimum atomic E-state index is -4.30. The number of hydrogen-bond acceptors (Lipinski definition) is 3. The van der Waals surface area contributed by atoms with E-state index in [1.54, 1.807) is 12.1 Å². The lowest BCUT2D eigenvalue weighted by Crippen LogP contribution is -2.50. The Balaban J connectivity index is 1.60. The quantitative estimate of drug-likeness (QED) is 0.829. The lowest BCUT2D eigenvalue weighted by Gasteiger charge is -2.32. The van der Waals surface area contributed by atoms with Crippen LogP contribution in [0.2, 0.25) is 0 Å². The molecule has 0 aromatic heterocycles. The second kappa shape index (κ2) is 8.03. The van der Waals surface area contributed by atoms with Gasteiger partial charge in [0.25, 0.3) is 0 Å². The summed E-state index contributed by atoms with van der Waals surface area (Å²) in [5.74, 6) is 1.04. The van der Waals surface area contributed by atoms with E-state index in [0.29, 0.717) is 18.4 Å². The maximum Gasteiger partial charge on any atom is 0.416 e. The number of likely N-dealkylation sites (N-methyl/N-ethyl adjacent to an activating group) is 1. The molecule has 3 rings (SSSR count). The van der Waals surface area contributed by atoms with Crippen LogP contribution >= 0.6 is 0 Å². The molecule has 4 nitrogen and oxygen atoms in total. The predicted octanol–water partition coefficient (Wildman–Crippen LogP) is 3.36. The van der Waals surface area contributed by atoms with Gasteiger partial charge in [0, 0.05) is 32.7 Å². The molecule has 1 aromatic rings. The molecule has 7 heteroatoms. The topological polar surface area (TPSA) is 49.6 Å². The van der Waals surface area contributed by atoms with Gasteiger partial charge in [-0.2, -0.15) is 13.2 Å². The number of likely N-dealkylation sites (tertiary alicyclic amines) is 1. The maximum atomic E-state index is 12.7. The number of benzene rings is 1. The molecule has 2 N–H and O–H groups in total. The molecule has 1 aromatic carbocycles. The Kier molecular flexibility index (Phi) is 6.05. The van der Waals surface area contributed by atoms with E-state index in [9.17, 15) is 18.0 Å². The molecule has 0 spiro atoms. The minimum Gasteiger partial charge on any atom is -0.341 e. The zero-order chi connectivity index (χ0) is 20.6. The highest BCUT2D eigenvalue weighted by Gasteiger charge is 2.45. The van der Waals surface area contributed by atoms with Crippen molar-refractivity contribution >= 4 is 5.91 Å². The molecule has 1 amide bonds. The second-order valence-electron chi connectivity index (χ2n) is 8.68. The lowest BCUT2D eigenvalue weighted by molar-refractivity contribution is -0.137. The van der Waals surface area contributed by atoms with E-state index in [4.69, 9.17) is 5.73 Å². The van der Waals surface area contributed by atoms with E-state index < -0.39 is 17.8 Å². The largest absolute Gasteiger partial charge is 0.416 e. The third kappa shape index (κ3) is 4.35. The van der Waals surface area contributed by atoms with E-state index in [1.807, 2.05) is 25.8 Å². The normalized spacial score (nSPS) is 26.5. The van der Waals surface area contributed by atoms with Crippen molar-refractivity contribution in [2.75, 3.05) is 20.1 Å². The highest BCUT2D eigenvalue weighted by atomic mass is 19.4. The fourth-order valence-corrected chi connectivity index (χ4v) is 4.68. The monoisotopic (exact) mass is 397 g/mol. The van der Waals surface area contributed by atoms with Gasteiger partial charge in [0.15, 0.2) is 0 Å². The van der Waals surface area contributed by atoms with Gasteiger partial charge in [-0.15, -0.1) is 0 Å². The third-order valence-electron chi connectivity index (χ3n) is 6.43. The number of hydrogen-bond donors (Lipinski definition) is 1. The summed E-state index contributed by atoms with van der Waals surface area (Å²) in [5.41, 5.74) is 6.33. The Morgan fingerprint density at radius 1 is 1.21 bits per heavy atom. The van der Waals surface area contributed by atoms with Crippen molar-refractivity contribution in [1.82, 2.24) is 9.80 Å². The van der Waals surface area contributed by atoms with Crippen molar-refractivity contribution in [3.05, 3.63) is 35.4 Å². The van der Waals surface area contributed by atoms with Crippen LogP contribution in [0.15, 0.2) is 24.3 Å². The molecular weight excluding hydrogens is 367 g/mol. The molecule has 1 aliphatic carbocycles. The summed E-state index contributed by atoms with van der Waals surface area (Å²) in [6, 6.07) is 5.13. The predicted molar refractivity (Wildman–Crippen MR) is 102 cm³/mol. The maximum absolute atomic E-state index is 12.7. The number of rotatable bonds is 5. The van der Waals surface area contributed by atoms with E-state index in [1.165, 1.54) is 0 Å². The number of fused-ring (bicyclic) bond motifs is 1. The van der Waals surface area contributed by atoms with Gasteiger partial charge >= 0.3 is 6.18 Å². The molecule has 1 saturated heterocycles. The zero-order valence-electron chi connectivity index (χ0n) is 16.7. The van der Waals surface area contributed by atoms with Gasteiger partial charge in [0.1, 0.15) is 0 Å². The fraction of sp³-hybridized carbons (Fsp3) is 0.667. The molecule has 2 unspecified atom stereocenters. The molecule has 0 radical (unpaired) electrons. The van der Waals surface area contributed by atoms with Gasteiger partial charge < -0.3 is 10.6 Å². The summed E-state index contributed by atoms with van der Waals surface area (Å²) in [4.78, 5) is 16.8. The average molecular weight is 397 g/mol. The average Bonchev–Trinajstić information content (AvgIpc) is 3.19. The van der Waals surface area contributed by atoms with Crippen molar-refractivity contribution in [2.24, 2.45) is 23.5 Å². The van der Waals surface area contributed by atoms with Crippen LogP contribution < -0.4 is 5.73 Å². The van der Waals surface area contributed by atoms with Crippen LogP contribution in [-0.4, -0.2) is 47.9 Å². The van der Waals surface area contributed by atoms with Gasteiger partial charge in [0.2, 0.25) is 5.91 Å². The minimum absolute atomic E-state index is 0.00170. The Labute approximate surface area is 164 Å². The van der Waals surface area contributed by atoms with E-state index in [2.05, 4.69) is 4.90 Å². The first-order valence-corrected chi connectivity index (χ1v) is 9.98. The number of nitrogens with zero attached hydrogens (tertiary/aromatic N) is 2. The van der Waals surface area contributed by atoms with E-state index >= 15 is 0 Å². The van der Waals surface area contributed by atoms with Gasteiger partial charge in [0.05, 0.1) is 11.6 Å². The second-order valence-corrected chi connectivity index (χ2v) is 8.68. The SMILES string of the molecule is CC(C)[C@H](N)C(=O)N(C)C1CC[C@H]2CN(Cc3ccc(C(F)(F)F)cc3)CC12. The standard InChI is InChI=1S/C21H30F3N3O/c1-13(2)19(25)20(28)26(3)18-9-6-15-11-27(12-17(15)18)10-14-4-7-16(8-5-14)21(22,23)24/h4-5,7-8,13,15,17-19H,6,9-12,25H2,1-3H3/t15-,17?,18?,19-/m0/s1. The molecular formula is C21H30F3N3O. The summed E-state index contributed by atoms with van der Waals surface area (Å²) < 4.78 is 38.2. The first kappa shape index (κ1) is 21.1. The Bertz CT molecular complexity index is 689. The van der Waals surface area contributed by atoms with Crippen molar-refractivity contribution in [3.63, 3.8) is 0 Å².